The van der Waals surface area contributed by atoms with Crippen LogP contribution in [0.3, 0.4) is 0 Å². The van der Waals surface area contributed by atoms with E-state index in [0.717, 1.165) is 9.86 Å². The first-order chi connectivity index (χ1) is 6.59. The van der Waals surface area contributed by atoms with Crippen molar-refractivity contribution in [3.8, 4) is 0 Å². The number of nitrogens with zero attached hydrogens (tertiary/aromatic N) is 2. The molecule has 0 saturated carbocycles. The van der Waals surface area contributed by atoms with E-state index in [4.69, 9.17) is 5.11 Å². The number of pyridine rings is 1. The number of carboxylic acid groups (broad SMARTS) is 1. The summed E-state index contributed by atoms with van der Waals surface area (Å²) in [7, 11) is 1.69. The lowest BCUT2D eigenvalue weighted by Gasteiger charge is -1.97. The molecule has 5 heteroatoms. The van der Waals surface area contributed by atoms with Crippen molar-refractivity contribution in [2.24, 2.45) is 7.05 Å². The van der Waals surface area contributed by atoms with Crippen molar-refractivity contribution in [1.29, 1.82) is 0 Å². The molecule has 0 unspecified atom stereocenters. The largest absolute Gasteiger partial charge is 0.477 e. The lowest BCUT2D eigenvalue weighted by Crippen LogP contribution is -2.04. The molecular weight excluding hydrogens is 248 g/mol. The average Bonchev–Trinajstić information content (AvgIpc) is 2.43. The number of aryl methyl sites for hydroxylation is 1. The van der Waals surface area contributed by atoms with Gasteiger partial charge in [-0.15, -0.1) is 0 Å². The van der Waals surface area contributed by atoms with Gasteiger partial charge in [0.25, 0.3) is 0 Å². The number of aromatic carboxylic acids is 1. The Hall–Kier alpha value is -1.36. The first-order valence-corrected chi connectivity index (χ1v) is 4.73. The minimum Gasteiger partial charge on any atom is -0.477 e. The van der Waals surface area contributed by atoms with E-state index in [0.29, 0.717) is 5.65 Å². The standard InChI is InChI=1S/C9H7BrN2O2/c1-12-7(9(13)14)3-5-2-6(10)4-11-8(5)12/h2-4H,1H3,(H,13,14). The van der Waals surface area contributed by atoms with E-state index in [9.17, 15) is 4.79 Å². The summed E-state index contributed by atoms with van der Waals surface area (Å²) >= 11 is 3.28. The summed E-state index contributed by atoms with van der Waals surface area (Å²) in [4.78, 5) is 15.0. The van der Waals surface area contributed by atoms with E-state index >= 15 is 0 Å². The Kier molecular flexibility index (Phi) is 2.03. The molecule has 0 aromatic carbocycles. The number of fused-ring (bicyclic) bond motifs is 1. The van der Waals surface area contributed by atoms with Crippen LogP contribution in [0.5, 0.6) is 0 Å². The fourth-order valence-electron chi connectivity index (χ4n) is 1.40. The summed E-state index contributed by atoms with van der Waals surface area (Å²) in [6.07, 6.45) is 1.65. The quantitative estimate of drug-likeness (QED) is 0.848. The molecule has 0 saturated heterocycles. The highest BCUT2D eigenvalue weighted by Crippen LogP contribution is 2.20. The zero-order chi connectivity index (χ0) is 10.3. The number of carbonyl (C=O) groups is 1. The average molecular weight is 255 g/mol. The minimum atomic E-state index is -0.943. The molecule has 2 heterocycles. The van der Waals surface area contributed by atoms with Crippen LogP contribution in [0.15, 0.2) is 22.8 Å². The lowest BCUT2D eigenvalue weighted by molar-refractivity contribution is 0.0687. The van der Waals surface area contributed by atoms with Gasteiger partial charge in [-0.25, -0.2) is 9.78 Å². The van der Waals surface area contributed by atoms with Gasteiger partial charge in [0, 0.05) is 23.1 Å². The predicted octanol–water partition coefficient (Wildman–Crippen LogP) is 2.03. The summed E-state index contributed by atoms with van der Waals surface area (Å²) in [5.74, 6) is -0.943. The molecule has 14 heavy (non-hydrogen) atoms. The van der Waals surface area contributed by atoms with Crippen LogP contribution >= 0.6 is 15.9 Å². The number of rotatable bonds is 1. The second-order valence-corrected chi connectivity index (χ2v) is 3.88. The highest BCUT2D eigenvalue weighted by molar-refractivity contribution is 9.10. The number of carboxylic acids is 1. The molecule has 0 aliphatic carbocycles. The Balaban J connectivity index is 2.79. The van der Waals surface area contributed by atoms with E-state index in [2.05, 4.69) is 20.9 Å². The Labute approximate surface area is 88.3 Å². The first-order valence-electron chi connectivity index (χ1n) is 3.94. The second-order valence-electron chi connectivity index (χ2n) is 2.96. The summed E-state index contributed by atoms with van der Waals surface area (Å²) in [5.41, 5.74) is 0.913. The van der Waals surface area contributed by atoms with Gasteiger partial charge in [0.1, 0.15) is 11.3 Å². The second kappa shape index (κ2) is 3.09. The highest BCUT2D eigenvalue weighted by Gasteiger charge is 2.12. The van der Waals surface area contributed by atoms with Gasteiger partial charge in [-0.2, -0.15) is 0 Å². The van der Waals surface area contributed by atoms with E-state index in [1.54, 1.807) is 23.9 Å². The van der Waals surface area contributed by atoms with Crippen LogP contribution in [0.25, 0.3) is 11.0 Å². The van der Waals surface area contributed by atoms with Gasteiger partial charge in [-0.3, -0.25) is 0 Å². The third-order valence-corrected chi connectivity index (χ3v) is 2.49. The number of aromatic nitrogens is 2. The molecule has 0 aliphatic heterocycles. The molecule has 2 aromatic heterocycles. The zero-order valence-corrected chi connectivity index (χ0v) is 8.95. The molecule has 0 atom stereocenters. The van der Waals surface area contributed by atoms with Crippen LogP contribution in [0.2, 0.25) is 0 Å². The normalized spacial score (nSPS) is 10.7. The molecule has 4 nitrogen and oxygen atoms in total. The molecule has 2 aromatic rings. The number of halogens is 1. The summed E-state index contributed by atoms with van der Waals surface area (Å²) < 4.78 is 2.40. The van der Waals surface area contributed by atoms with Crippen LogP contribution in [0.4, 0.5) is 0 Å². The van der Waals surface area contributed by atoms with Crippen molar-refractivity contribution in [3.05, 3.63) is 28.5 Å². The SMILES string of the molecule is Cn1c(C(=O)O)cc2cc(Br)cnc21. The highest BCUT2D eigenvalue weighted by atomic mass is 79.9. The lowest BCUT2D eigenvalue weighted by atomic mass is 10.3. The van der Waals surface area contributed by atoms with Crippen LogP contribution < -0.4 is 0 Å². The van der Waals surface area contributed by atoms with Gasteiger partial charge in [-0.05, 0) is 28.1 Å². The summed E-state index contributed by atoms with van der Waals surface area (Å²) in [6, 6.07) is 3.45. The van der Waals surface area contributed by atoms with Crippen LogP contribution in [0, 0.1) is 0 Å². The maximum atomic E-state index is 10.8. The first kappa shape index (κ1) is 9.21. The molecule has 2 rings (SSSR count). The van der Waals surface area contributed by atoms with Crippen molar-refractivity contribution in [1.82, 2.24) is 9.55 Å². The van der Waals surface area contributed by atoms with E-state index in [1.807, 2.05) is 6.07 Å². The summed E-state index contributed by atoms with van der Waals surface area (Å²) in [6.45, 7) is 0. The van der Waals surface area contributed by atoms with Crippen molar-refractivity contribution in [2.45, 2.75) is 0 Å². The van der Waals surface area contributed by atoms with Gasteiger partial charge in [-0.1, -0.05) is 0 Å². The van der Waals surface area contributed by atoms with Gasteiger partial charge in [0.05, 0.1) is 0 Å². The molecular formula is C9H7BrN2O2. The van der Waals surface area contributed by atoms with Gasteiger partial charge in [0.15, 0.2) is 0 Å². The summed E-state index contributed by atoms with van der Waals surface area (Å²) in [5, 5.41) is 9.69. The minimum absolute atomic E-state index is 0.241. The van der Waals surface area contributed by atoms with Crippen LogP contribution in [-0.4, -0.2) is 20.6 Å². The smallest absolute Gasteiger partial charge is 0.352 e. The fourth-order valence-corrected chi connectivity index (χ4v) is 1.75. The molecule has 0 radical (unpaired) electrons. The predicted molar refractivity (Wildman–Crippen MR) is 55.4 cm³/mol. The van der Waals surface area contributed by atoms with E-state index in [1.165, 1.54) is 0 Å². The van der Waals surface area contributed by atoms with Crippen molar-refractivity contribution < 1.29 is 9.90 Å². The van der Waals surface area contributed by atoms with Crippen LogP contribution in [-0.2, 0) is 7.05 Å². The molecule has 0 aliphatic rings. The topological polar surface area (TPSA) is 55.1 Å². The molecule has 0 fully saturated rings. The number of hydrogen-bond acceptors (Lipinski definition) is 2. The Morgan fingerprint density at radius 1 is 1.57 bits per heavy atom. The van der Waals surface area contributed by atoms with Crippen molar-refractivity contribution >= 4 is 32.9 Å². The van der Waals surface area contributed by atoms with E-state index < -0.39 is 5.97 Å². The maximum absolute atomic E-state index is 10.8. The third kappa shape index (κ3) is 1.29. The third-order valence-electron chi connectivity index (χ3n) is 2.05. The molecule has 1 N–H and O–H groups in total. The van der Waals surface area contributed by atoms with Gasteiger partial charge in [0.2, 0.25) is 0 Å². The molecule has 72 valence electrons. The molecule has 0 bridgehead atoms. The molecule has 0 spiro atoms. The Morgan fingerprint density at radius 3 is 2.93 bits per heavy atom. The monoisotopic (exact) mass is 254 g/mol. The Morgan fingerprint density at radius 2 is 2.29 bits per heavy atom. The van der Waals surface area contributed by atoms with E-state index in [-0.39, 0.29) is 5.69 Å². The Bertz CT molecular complexity index is 519. The molecule has 0 amide bonds. The van der Waals surface area contributed by atoms with Crippen LogP contribution in [0.1, 0.15) is 10.5 Å². The number of hydrogen-bond donors (Lipinski definition) is 1. The van der Waals surface area contributed by atoms with Crippen molar-refractivity contribution in [3.63, 3.8) is 0 Å². The van der Waals surface area contributed by atoms with Gasteiger partial charge >= 0.3 is 5.97 Å². The maximum Gasteiger partial charge on any atom is 0.352 e. The zero-order valence-electron chi connectivity index (χ0n) is 7.36. The van der Waals surface area contributed by atoms with Gasteiger partial charge < -0.3 is 9.67 Å². The fraction of sp³-hybridized carbons (Fsp3) is 0.111. The van der Waals surface area contributed by atoms with Crippen molar-refractivity contribution in [2.75, 3.05) is 0 Å².